The number of pyridine rings is 2. The maximum absolute atomic E-state index is 13.6. The van der Waals surface area contributed by atoms with Gasteiger partial charge in [-0.3, -0.25) is 4.98 Å². The molecule has 0 spiro atoms. The van der Waals surface area contributed by atoms with E-state index in [1.165, 1.54) is 30.6 Å². The molecule has 2 N–H and O–H groups in total. The van der Waals surface area contributed by atoms with Crippen LogP contribution in [0.25, 0.3) is 11.1 Å². The van der Waals surface area contributed by atoms with Crippen molar-refractivity contribution in [2.75, 3.05) is 4.90 Å². The fourth-order valence-corrected chi connectivity index (χ4v) is 6.12. The minimum atomic E-state index is -4.06. The van der Waals surface area contributed by atoms with Gasteiger partial charge < -0.3 is 9.84 Å². The van der Waals surface area contributed by atoms with Gasteiger partial charge in [-0.25, -0.2) is 32.6 Å². The number of anilines is 1. The summed E-state index contributed by atoms with van der Waals surface area (Å²) in [6.45, 7) is 10.2. The largest absolute Gasteiger partial charge is 0.480 e. The molecule has 1 amide bonds. The molecule has 0 fully saturated rings. The number of nitrogens with zero attached hydrogens (tertiary/aromatic N) is 3. The van der Waals surface area contributed by atoms with Crippen molar-refractivity contribution in [2.45, 2.75) is 70.5 Å². The highest BCUT2D eigenvalue weighted by atomic mass is 32.2. The number of amides is 1. The Morgan fingerprint density at radius 2 is 1.52 bits per heavy atom. The van der Waals surface area contributed by atoms with Gasteiger partial charge in [0.25, 0.3) is 0 Å². The lowest BCUT2D eigenvalue weighted by Gasteiger charge is -2.37. The molecule has 11 heteroatoms. The Morgan fingerprint density at radius 3 is 2.09 bits per heavy atom. The summed E-state index contributed by atoms with van der Waals surface area (Å²) in [5, 5.41) is 10.3. The number of nitrogens with one attached hydrogen (secondary N) is 1. The Bertz CT molecular complexity index is 1750. The third-order valence-corrected chi connectivity index (χ3v) is 8.46. The summed E-state index contributed by atoms with van der Waals surface area (Å²) in [4.78, 5) is 35.8. The Balaban J connectivity index is 1.79. The molecule has 10 nitrogen and oxygen atoms in total. The predicted octanol–water partition coefficient (Wildman–Crippen LogP) is 6.65. The first-order chi connectivity index (χ1) is 21.5. The van der Waals surface area contributed by atoms with Gasteiger partial charge >= 0.3 is 12.1 Å². The molecule has 0 aliphatic rings. The summed E-state index contributed by atoms with van der Waals surface area (Å²) in [6, 6.07) is 23.1. The van der Waals surface area contributed by atoms with Crippen LogP contribution in [0.5, 0.6) is 0 Å². The number of ether oxygens (including phenoxy) is 1. The lowest BCUT2D eigenvalue weighted by atomic mass is 9.85. The number of benzene rings is 2. The number of hydrogen-bond donors (Lipinski definition) is 2. The van der Waals surface area contributed by atoms with Crippen LogP contribution in [-0.2, 0) is 26.0 Å². The quantitative estimate of drug-likeness (QED) is 0.196. The van der Waals surface area contributed by atoms with E-state index in [1.54, 1.807) is 53.7 Å². The van der Waals surface area contributed by atoms with Crippen molar-refractivity contribution in [3.63, 3.8) is 0 Å². The number of hydrogen-bond acceptors (Lipinski definition) is 7. The zero-order chi connectivity index (χ0) is 33.7. The van der Waals surface area contributed by atoms with Crippen molar-refractivity contribution in [2.24, 2.45) is 5.41 Å². The molecule has 46 heavy (non-hydrogen) atoms. The minimum absolute atomic E-state index is 0.0130. The van der Waals surface area contributed by atoms with Gasteiger partial charge in [0.05, 0.1) is 11.7 Å². The number of carbonyl (C=O) groups is 2. The highest BCUT2D eigenvalue weighted by Crippen LogP contribution is 2.32. The van der Waals surface area contributed by atoms with Gasteiger partial charge in [-0.1, -0.05) is 81.4 Å². The molecular weight excluding hydrogens is 604 g/mol. The van der Waals surface area contributed by atoms with Gasteiger partial charge in [0.2, 0.25) is 10.0 Å². The number of carbonyl (C=O) groups excluding carboxylic acids is 1. The fraction of sp³-hybridized carbons (Fsp3) is 0.314. The average Bonchev–Trinajstić information content (AvgIpc) is 2.99. The van der Waals surface area contributed by atoms with Crippen LogP contribution in [0.2, 0.25) is 0 Å². The Kier molecular flexibility index (Phi) is 10.3. The third-order valence-electron chi connectivity index (χ3n) is 7.01. The Labute approximate surface area is 270 Å². The molecule has 0 saturated heterocycles. The lowest BCUT2D eigenvalue weighted by molar-refractivity contribution is -0.141. The molecule has 0 radical (unpaired) electrons. The number of aromatic nitrogens is 2. The van der Waals surface area contributed by atoms with Crippen LogP contribution >= 0.6 is 0 Å². The smallest absolute Gasteiger partial charge is 0.416 e. The summed E-state index contributed by atoms with van der Waals surface area (Å²) < 4.78 is 35.4. The van der Waals surface area contributed by atoms with E-state index in [0.29, 0.717) is 0 Å². The first kappa shape index (κ1) is 34.3. The molecule has 0 saturated carbocycles. The van der Waals surface area contributed by atoms with Crippen molar-refractivity contribution in [3.8, 4) is 11.1 Å². The second-order valence-electron chi connectivity index (χ2n) is 13.0. The number of carboxylic acids is 1. The van der Waals surface area contributed by atoms with E-state index in [1.807, 2.05) is 54.6 Å². The molecule has 242 valence electrons. The zero-order valence-corrected chi connectivity index (χ0v) is 27.7. The molecule has 4 aromatic rings. The molecule has 0 aliphatic heterocycles. The summed E-state index contributed by atoms with van der Waals surface area (Å²) in [5.74, 6) is -1.23. The van der Waals surface area contributed by atoms with E-state index in [2.05, 4.69) is 9.71 Å². The molecule has 2 heterocycles. The van der Waals surface area contributed by atoms with Gasteiger partial charge in [0.15, 0.2) is 0 Å². The number of sulfonamides is 1. The predicted molar refractivity (Wildman–Crippen MR) is 177 cm³/mol. The molecule has 2 aromatic carbocycles. The minimum Gasteiger partial charge on any atom is -0.480 e. The van der Waals surface area contributed by atoms with Crippen LogP contribution in [0.15, 0.2) is 102 Å². The molecule has 4 rings (SSSR count). The molecule has 2 atom stereocenters. The van der Waals surface area contributed by atoms with Gasteiger partial charge in [-0.2, -0.15) is 0 Å². The highest BCUT2D eigenvalue weighted by molar-refractivity contribution is 7.89. The van der Waals surface area contributed by atoms with E-state index in [0.717, 1.165) is 21.6 Å². The zero-order valence-electron chi connectivity index (χ0n) is 26.8. The van der Waals surface area contributed by atoms with E-state index >= 15 is 0 Å². The topological polar surface area (TPSA) is 139 Å². The fourth-order valence-electron chi connectivity index (χ4n) is 4.95. The maximum Gasteiger partial charge on any atom is 0.416 e. The summed E-state index contributed by atoms with van der Waals surface area (Å²) >= 11 is 0. The third kappa shape index (κ3) is 8.76. The SMILES string of the molecule is CC(C)(C)OC(=O)N(c1cccc(C(Cc2ccc(-c3ccccc3)cc2)NS(=O)(=O)c2cccnc2)n1)C(C(=O)O)C(C)(C)C. The molecular formula is C35H40N4O6S. The summed E-state index contributed by atoms with van der Waals surface area (Å²) in [6.07, 6.45) is 2.06. The Hall–Kier alpha value is -4.61. The van der Waals surface area contributed by atoms with Crippen molar-refractivity contribution in [3.05, 3.63) is 109 Å². The van der Waals surface area contributed by atoms with Crippen molar-refractivity contribution in [1.29, 1.82) is 0 Å². The van der Waals surface area contributed by atoms with Crippen molar-refractivity contribution >= 4 is 27.9 Å². The lowest BCUT2D eigenvalue weighted by Crippen LogP contribution is -2.54. The van der Waals surface area contributed by atoms with Gasteiger partial charge in [0, 0.05) is 12.4 Å². The van der Waals surface area contributed by atoms with Gasteiger partial charge in [-0.05, 0) is 73.6 Å². The normalized spacial score (nSPS) is 13.4. The van der Waals surface area contributed by atoms with E-state index in [-0.39, 0.29) is 22.8 Å². The molecule has 0 bridgehead atoms. The van der Waals surface area contributed by atoms with Gasteiger partial charge in [-0.15, -0.1) is 0 Å². The van der Waals surface area contributed by atoms with Crippen LogP contribution in [0.4, 0.5) is 10.6 Å². The van der Waals surface area contributed by atoms with Gasteiger partial charge in [0.1, 0.15) is 22.4 Å². The van der Waals surface area contributed by atoms with Crippen LogP contribution in [0.1, 0.15) is 58.8 Å². The van der Waals surface area contributed by atoms with Crippen molar-refractivity contribution in [1.82, 2.24) is 14.7 Å². The van der Waals surface area contributed by atoms with E-state index < -0.39 is 45.2 Å². The monoisotopic (exact) mass is 644 g/mol. The van der Waals surface area contributed by atoms with Crippen LogP contribution in [-0.4, -0.2) is 47.2 Å². The highest BCUT2D eigenvalue weighted by Gasteiger charge is 2.43. The van der Waals surface area contributed by atoms with Crippen LogP contribution < -0.4 is 9.62 Å². The van der Waals surface area contributed by atoms with E-state index in [4.69, 9.17) is 9.72 Å². The van der Waals surface area contributed by atoms with Crippen molar-refractivity contribution < 1.29 is 27.9 Å². The second-order valence-corrected chi connectivity index (χ2v) is 14.7. The average molecular weight is 645 g/mol. The first-order valence-corrected chi connectivity index (χ1v) is 16.3. The second kappa shape index (κ2) is 13.8. The van der Waals surface area contributed by atoms with Crippen LogP contribution in [0.3, 0.4) is 0 Å². The summed E-state index contributed by atoms with van der Waals surface area (Å²) in [7, 11) is -4.06. The molecule has 2 unspecified atom stereocenters. The van der Waals surface area contributed by atoms with Crippen LogP contribution in [0, 0.1) is 5.41 Å². The first-order valence-electron chi connectivity index (χ1n) is 14.8. The Morgan fingerprint density at radius 1 is 0.870 bits per heavy atom. The number of carboxylic acid groups (broad SMARTS) is 1. The van der Waals surface area contributed by atoms with E-state index in [9.17, 15) is 23.1 Å². The number of aliphatic carboxylic acids is 1. The number of rotatable bonds is 10. The summed E-state index contributed by atoms with van der Waals surface area (Å²) in [5.41, 5.74) is 1.33. The molecule has 0 aliphatic carbocycles. The molecule has 2 aromatic heterocycles. The standard InChI is InChI=1S/C35H40N4O6S/c1-34(2,3)31(32(40)41)39(33(42)45-35(4,5)6)30-16-10-15-28(37-30)29(38-46(43,44)27-14-11-21-36-23-27)22-24-17-19-26(20-18-24)25-12-8-7-9-13-25/h7-21,23,29,31,38H,22H2,1-6H3,(H,40,41). The maximum atomic E-state index is 13.6.